The molecular formula is C14H19ClN2OS. The molecule has 19 heavy (non-hydrogen) atoms. The lowest BCUT2D eigenvalue weighted by Gasteiger charge is -2.22. The second kappa shape index (κ2) is 5.27. The third kappa shape index (κ3) is 2.86. The number of hydrogen-bond acceptors (Lipinski definition) is 3. The Bertz CT molecular complexity index is 586. The van der Waals surface area contributed by atoms with Gasteiger partial charge < -0.3 is 5.11 Å². The van der Waals surface area contributed by atoms with Gasteiger partial charge in [0.2, 0.25) is 0 Å². The maximum Gasteiger partial charge on any atom is 0.102 e. The van der Waals surface area contributed by atoms with E-state index >= 15 is 0 Å². The van der Waals surface area contributed by atoms with Crippen molar-refractivity contribution in [2.75, 3.05) is 0 Å². The van der Waals surface area contributed by atoms with Crippen LogP contribution in [0.5, 0.6) is 0 Å². The van der Waals surface area contributed by atoms with E-state index < -0.39 is 5.60 Å². The number of aliphatic hydroxyl groups is 1. The summed E-state index contributed by atoms with van der Waals surface area (Å²) in [7, 11) is 0. The highest BCUT2D eigenvalue weighted by atomic mass is 35.5. The van der Waals surface area contributed by atoms with E-state index in [-0.39, 0.29) is 0 Å². The molecule has 0 aliphatic rings. The summed E-state index contributed by atoms with van der Waals surface area (Å²) in [5, 5.41) is 15.8. The van der Waals surface area contributed by atoms with Gasteiger partial charge in [-0.25, -0.2) is 0 Å². The molecule has 2 rings (SSSR count). The number of halogens is 1. The monoisotopic (exact) mass is 298 g/mol. The van der Waals surface area contributed by atoms with Crippen molar-refractivity contribution in [3.05, 3.63) is 38.3 Å². The van der Waals surface area contributed by atoms with Gasteiger partial charge in [-0.15, -0.1) is 11.3 Å². The fraction of sp³-hybridized carbons (Fsp3) is 0.500. The maximum absolute atomic E-state index is 10.7. The quantitative estimate of drug-likeness (QED) is 0.935. The van der Waals surface area contributed by atoms with E-state index in [1.165, 1.54) is 4.88 Å². The average Bonchev–Trinajstić information content (AvgIpc) is 2.88. The first-order valence-electron chi connectivity index (χ1n) is 6.36. The molecule has 1 atom stereocenters. The zero-order valence-corrected chi connectivity index (χ0v) is 13.3. The van der Waals surface area contributed by atoms with Crippen LogP contribution in [0.15, 0.2) is 12.1 Å². The zero-order chi connectivity index (χ0) is 14.2. The van der Waals surface area contributed by atoms with Crippen LogP contribution in [0.25, 0.3) is 0 Å². The summed E-state index contributed by atoms with van der Waals surface area (Å²) < 4.78 is 1.87. The summed E-state index contributed by atoms with van der Waals surface area (Å²) in [6, 6.07) is 4.01. The fourth-order valence-corrected chi connectivity index (χ4v) is 3.29. The Balaban J connectivity index is 2.35. The van der Waals surface area contributed by atoms with Crippen molar-refractivity contribution in [3.8, 4) is 0 Å². The molecule has 0 saturated heterocycles. The Morgan fingerprint density at radius 2 is 2.11 bits per heavy atom. The van der Waals surface area contributed by atoms with Gasteiger partial charge in [0, 0.05) is 22.7 Å². The van der Waals surface area contributed by atoms with Gasteiger partial charge in [-0.3, -0.25) is 4.68 Å². The molecule has 0 aromatic carbocycles. The van der Waals surface area contributed by atoms with Crippen molar-refractivity contribution < 1.29 is 5.11 Å². The molecule has 0 bridgehead atoms. The first-order valence-corrected chi connectivity index (χ1v) is 7.55. The fourth-order valence-electron chi connectivity index (χ4n) is 2.18. The predicted molar refractivity (Wildman–Crippen MR) is 80.0 cm³/mol. The topological polar surface area (TPSA) is 38.0 Å². The molecule has 0 aliphatic carbocycles. The van der Waals surface area contributed by atoms with Crippen molar-refractivity contribution in [2.45, 2.75) is 46.3 Å². The molecular weight excluding hydrogens is 280 g/mol. The summed E-state index contributed by atoms with van der Waals surface area (Å²) in [4.78, 5) is 2.16. The van der Waals surface area contributed by atoms with Crippen LogP contribution in [0.2, 0.25) is 5.02 Å². The van der Waals surface area contributed by atoms with Crippen LogP contribution in [0.4, 0.5) is 0 Å². The summed E-state index contributed by atoms with van der Waals surface area (Å²) in [5.41, 5.74) is 0.802. The van der Waals surface area contributed by atoms with Crippen LogP contribution >= 0.6 is 22.9 Å². The summed E-state index contributed by atoms with van der Waals surface area (Å²) in [5.74, 6) is 0. The molecule has 0 spiro atoms. The second-order valence-corrected chi connectivity index (χ2v) is 6.69. The van der Waals surface area contributed by atoms with E-state index in [2.05, 4.69) is 5.10 Å². The van der Waals surface area contributed by atoms with Gasteiger partial charge in [0.1, 0.15) is 5.60 Å². The van der Waals surface area contributed by atoms with Gasteiger partial charge in [-0.05, 0) is 39.8 Å². The van der Waals surface area contributed by atoms with Crippen LogP contribution in [-0.2, 0) is 18.6 Å². The standard InChI is InChI=1S/C14H19ClN2OS/c1-5-17-11(13(15)10(3)16-17)8-14(4,18)12-7-6-9(2)19-12/h6-7,18H,5,8H2,1-4H3. The third-order valence-corrected chi connectivity index (χ3v) is 4.98. The highest BCUT2D eigenvalue weighted by Gasteiger charge is 2.28. The zero-order valence-electron chi connectivity index (χ0n) is 11.7. The molecule has 2 aromatic rings. The molecule has 2 aromatic heterocycles. The van der Waals surface area contributed by atoms with E-state index in [1.807, 2.05) is 44.5 Å². The number of hydrogen-bond donors (Lipinski definition) is 1. The highest BCUT2D eigenvalue weighted by Crippen LogP contribution is 2.33. The lowest BCUT2D eigenvalue weighted by Crippen LogP contribution is -2.24. The Morgan fingerprint density at radius 3 is 2.63 bits per heavy atom. The Morgan fingerprint density at radius 1 is 1.42 bits per heavy atom. The number of thiophene rings is 1. The van der Waals surface area contributed by atoms with E-state index in [0.29, 0.717) is 11.4 Å². The maximum atomic E-state index is 10.7. The SMILES string of the molecule is CCn1nc(C)c(Cl)c1CC(C)(O)c1ccc(C)s1. The van der Waals surface area contributed by atoms with Crippen molar-refractivity contribution >= 4 is 22.9 Å². The molecule has 1 unspecified atom stereocenters. The molecule has 0 fully saturated rings. The van der Waals surface area contributed by atoms with E-state index in [0.717, 1.165) is 22.8 Å². The van der Waals surface area contributed by atoms with Gasteiger partial charge in [-0.1, -0.05) is 11.6 Å². The Hall–Kier alpha value is -0.840. The minimum atomic E-state index is -0.915. The molecule has 0 saturated carbocycles. The molecule has 0 radical (unpaired) electrons. The van der Waals surface area contributed by atoms with E-state index in [4.69, 9.17) is 11.6 Å². The number of nitrogens with zero attached hydrogens (tertiary/aromatic N) is 2. The average molecular weight is 299 g/mol. The van der Waals surface area contributed by atoms with Crippen LogP contribution in [0, 0.1) is 13.8 Å². The summed E-state index contributed by atoms with van der Waals surface area (Å²) in [6.45, 7) is 8.54. The molecule has 1 N–H and O–H groups in total. The first kappa shape index (κ1) is 14.6. The van der Waals surface area contributed by atoms with Crippen LogP contribution < -0.4 is 0 Å². The van der Waals surface area contributed by atoms with Gasteiger partial charge >= 0.3 is 0 Å². The first-order chi connectivity index (χ1) is 8.85. The van der Waals surface area contributed by atoms with Gasteiger partial charge in [-0.2, -0.15) is 5.10 Å². The number of aromatic nitrogens is 2. The molecule has 2 heterocycles. The van der Waals surface area contributed by atoms with Crippen molar-refractivity contribution in [1.82, 2.24) is 9.78 Å². The Kier molecular flexibility index (Phi) is 4.04. The molecule has 3 nitrogen and oxygen atoms in total. The van der Waals surface area contributed by atoms with Crippen LogP contribution in [0.3, 0.4) is 0 Å². The normalized spacial score (nSPS) is 14.6. The van der Waals surface area contributed by atoms with Crippen molar-refractivity contribution in [2.24, 2.45) is 0 Å². The smallest absolute Gasteiger partial charge is 0.102 e. The molecule has 0 aliphatic heterocycles. The number of aryl methyl sites for hydroxylation is 3. The summed E-state index contributed by atoms with van der Waals surface area (Å²) in [6.07, 6.45) is 0.473. The van der Waals surface area contributed by atoms with Crippen molar-refractivity contribution in [3.63, 3.8) is 0 Å². The predicted octanol–water partition coefficient (Wildman–Crippen LogP) is 3.68. The van der Waals surface area contributed by atoms with Crippen LogP contribution in [-0.4, -0.2) is 14.9 Å². The van der Waals surface area contributed by atoms with Gasteiger partial charge in [0.25, 0.3) is 0 Å². The highest BCUT2D eigenvalue weighted by molar-refractivity contribution is 7.12. The van der Waals surface area contributed by atoms with E-state index in [9.17, 15) is 5.11 Å². The van der Waals surface area contributed by atoms with E-state index in [1.54, 1.807) is 11.3 Å². The molecule has 5 heteroatoms. The lowest BCUT2D eigenvalue weighted by molar-refractivity contribution is 0.0592. The number of rotatable bonds is 4. The minimum absolute atomic E-state index is 0.473. The molecule has 0 amide bonds. The third-order valence-electron chi connectivity index (χ3n) is 3.24. The van der Waals surface area contributed by atoms with Crippen LogP contribution in [0.1, 0.15) is 35.0 Å². The molecule has 104 valence electrons. The lowest BCUT2D eigenvalue weighted by atomic mass is 9.98. The second-order valence-electron chi connectivity index (χ2n) is 5.02. The largest absolute Gasteiger partial charge is 0.384 e. The Labute approximate surface area is 122 Å². The summed E-state index contributed by atoms with van der Waals surface area (Å²) >= 11 is 7.92. The van der Waals surface area contributed by atoms with Gasteiger partial charge in [0.05, 0.1) is 16.4 Å². The van der Waals surface area contributed by atoms with Gasteiger partial charge in [0.15, 0.2) is 0 Å². The van der Waals surface area contributed by atoms with Crippen molar-refractivity contribution in [1.29, 1.82) is 0 Å². The minimum Gasteiger partial charge on any atom is -0.384 e.